The summed E-state index contributed by atoms with van der Waals surface area (Å²) in [5, 5.41) is 13.3. The predicted octanol–water partition coefficient (Wildman–Crippen LogP) is 1.35. The van der Waals surface area contributed by atoms with Crippen molar-refractivity contribution in [2.75, 3.05) is 0 Å². The molecule has 1 N–H and O–H groups in total. The second-order valence-corrected chi connectivity index (χ2v) is 3.61. The third kappa shape index (κ3) is 1.48. The molecule has 4 nitrogen and oxygen atoms in total. The first-order chi connectivity index (χ1) is 6.70. The van der Waals surface area contributed by atoms with Gasteiger partial charge in [0.2, 0.25) is 0 Å². The fourth-order valence-corrected chi connectivity index (χ4v) is 1.33. The van der Waals surface area contributed by atoms with Gasteiger partial charge in [-0.05, 0) is 18.1 Å². The number of rotatable bonds is 2. The average molecular weight is 191 g/mol. The van der Waals surface area contributed by atoms with Crippen molar-refractivity contribution in [1.82, 2.24) is 14.6 Å². The topological polar surface area (TPSA) is 50.4 Å². The van der Waals surface area contributed by atoms with Gasteiger partial charge in [0.05, 0.1) is 24.2 Å². The minimum atomic E-state index is -0.0413. The van der Waals surface area contributed by atoms with E-state index in [1.807, 2.05) is 12.1 Å². The van der Waals surface area contributed by atoms with E-state index in [1.165, 1.54) is 0 Å². The molecule has 0 aromatic carbocycles. The molecule has 14 heavy (non-hydrogen) atoms. The van der Waals surface area contributed by atoms with Gasteiger partial charge in [-0.15, -0.1) is 0 Å². The monoisotopic (exact) mass is 191 g/mol. The Morgan fingerprint density at radius 3 is 2.86 bits per heavy atom. The maximum absolute atomic E-state index is 8.91. The van der Waals surface area contributed by atoms with Crippen molar-refractivity contribution in [2.24, 2.45) is 0 Å². The Kier molecular flexibility index (Phi) is 2.21. The van der Waals surface area contributed by atoms with Crippen LogP contribution in [0.15, 0.2) is 18.3 Å². The molecular formula is C10H13N3O. The van der Waals surface area contributed by atoms with Crippen molar-refractivity contribution in [1.29, 1.82) is 0 Å². The molecule has 0 atom stereocenters. The van der Waals surface area contributed by atoms with E-state index in [0.717, 1.165) is 11.3 Å². The van der Waals surface area contributed by atoms with Gasteiger partial charge in [0, 0.05) is 0 Å². The van der Waals surface area contributed by atoms with Crippen LogP contribution < -0.4 is 0 Å². The van der Waals surface area contributed by atoms with E-state index >= 15 is 0 Å². The number of aromatic nitrogens is 3. The van der Waals surface area contributed by atoms with Crippen LogP contribution in [-0.4, -0.2) is 19.7 Å². The number of hydrogen-bond donors (Lipinski definition) is 1. The molecule has 0 fully saturated rings. The van der Waals surface area contributed by atoms with Crippen LogP contribution in [0, 0.1) is 0 Å². The molecule has 2 aromatic heterocycles. The maximum Gasteiger partial charge on any atom is 0.153 e. The van der Waals surface area contributed by atoms with Crippen molar-refractivity contribution < 1.29 is 5.11 Å². The highest BCUT2D eigenvalue weighted by atomic mass is 16.3. The van der Waals surface area contributed by atoms with E-state index in [2.05, 4.69) is 23.9 Å². The molecule has 0 aliphatic carbocycles. The number of hydrogen-bond acceptors (Lipinski definition) is 3. The zero-order valence-electron chi connectivity index (χ0n) is 8.31. The molecule has 0 unspecified atom stereocenters. The van der Waals surface area contributed by atoms with Crippen LogP contribution >= 0.6 is 0 Å². The highest BCUT2D eigenvalue weighted by Crippen LogP contribution is 2.12. The first kappa shape index (κ1) is 9.15. The van der Waals surface area contributed by atoms with Gasteiger partial charge in [-0.2, -0.15) is 5.10 Å². The minimum absolute atomic E-state index is 0.0413. The number of nitrogens with zero attached hydrogens (tertiary/aromatic N) is 3. The largest absolute Gasteiger partial charge is 0.390 e. The molecule has 0 aliphatic heterocycles. The van der Waals surface area contributed by atoms with E-state index in [1.54, 1.807) is 10.7 Å². The van der Waals surface area contributed by atoms with Crippen molar-refractivity contribution >= 4 is 5.65 Å². The zero-order chi connectivity index (χ0) is 10.1. The number of aliphatic hydroxyl groups is 1. The van der Waals surface area contributed by atoms with E-state index in [0.29, 0.717) is 11.6 Å². The second kappa shape index (κ2) is 3.38. The summed E-state index contributed by atoms with van der Waals surface area (Å²) in [5.41, 5.74) is 2.45. The lowest BCUT2D eigenvalue weighted by molar-refractivity contribution is 0.277. The highest BCUT2D eigenvalue weighted by Gasteiger charge is 2.04. The average Bonchev–Trinajstić information content (AvgIpc) is 2.58. The summed E-state index contributed by atoms with van der Waals surface area (Å²) in [6, 6.07) is 3.88. The van der Waals surface area contributed by atoms with Gasteiger partial charge in [0.15, 0.2) is 5.65 Å². The number of aliphatic hydroxyl groups excluding tert-OH is 1. The van der Waals surface area contributed by atoms with Crippen molar-refractivity contribution in [3.63, 3.8) is 0 Å². The summed E-state index contributed by atoms with van der Waals surface area (Å²) < 4.78 is 1.71. The first-order valence-corrected chi connectivity index (χ1v) is 4.67. The molecular weight excluding hydrogens is 178 g/mol. The minimum Gasteiger partial charge on any atom is -0.390 e. The summed E-state index contributed by atoms with van der Waals surface area (Å²) in [6.45, 7) is 4.15. The third-order valence-electron chi connectivity index (χ3n) is 2.14. The van der Waals surface area contributed by atoms with Gasteiger partial charge in [0.1, 0.15) is 0 Å². The second-order valence-electron chi connectivity index (χ2n) is 3.61. The lowest BCUT2D eigenvalue weighted by Crippen LogP contribution is -1.98. The number of imidazole rings is 1. The van der Waals surface area contributed by atoms with E-state index < -0.39 is 0 Å². The molecule has 4 heteroatoms. The molecule has 2 rings (SSSR count). The lowest BCUT2D eigenvalue weighted by atomic mass is 10.1. The van der Waals surface area contributed by atoms with Crippen molar-refractivity contribution in [3.05, 3.63) is 29.7 Å². The Bertz CT molecular complexity index is 448. The van der Waals surface area contributed by atoms with Crippen LogP contribution in [0.2, 0.25) is 0 Å². The van der Waals surface area contributed by atoms with Gasteiger partial charge in [-0.3, -0.25) is 0 Å². The Labute approximate surface area is 82.2 Å². The molecule has 2 heterocycles. The van der Waals surface area contributed by atoms with Gasteiger partial charge in [0.25, 0.3) is 0 Å². The molecule has 74 valence electrons. The van der Waals surface area contributed by atoms with Crippen LogP contribution in [0.25, 0.3) is 5.65 Å². The summed E-state index contributed by atoms with van der Waals surface area (Å²) in [7, 11) is 0. The Morgan fingerprint density at radius 1 is 1.43 bits per heavy atom. The van der Waals surface area contributed by atoms with Crippen LogP contribution in [0.3, 0.4) is 0 Å². The molecule has 0 saturated carbocycles. The predicted molar refractivity (Wildman–Crippen MR) is 53.0 cm³/mol. The molecule has 2 aromatic rings. The van der Waals surface area contributed by atoms with Gasteiger partial charge < -0.3 is 5.11 Å². The van der Waals surface area contributed by atoms with E-state index in [4.69, 9.17) is 5.11 Å². The SMILES string of the molecule is CC(C)c1ccc2nc(CO)cn2n1. The van der Waals surface area contributed by atoms with Gasteiger partial charge in [-0.25, -0.2) is 9.50 Å². The van der Waals surface area contributed by atoms with Crippen LogP contribution in [0.4, 0.5) is 0 Å². The van der Waals surface area contributed by atoms with Crippen LogP contribution in [0.5, 0.6) is 0 Å². The number of fused-ring (bicyclic) bond motifs is 1. The third-order valence-corrected chi connectivity index (χ3v) is 2.14. The standard InChI is InChI=1S/C10H13N3O/c1-7(2)9-3-4-10-11-8(6-14)5-13(10)12-9/h3-5,7,14H,6H2,1-2H3. The van der Waals surface area contributed by atoms with Crippen LogP contribution in [-0.2, 0) is 6.61 Å². The highest BCUT2D eigenvalue weighted by molar-refractivity contribution is 5.38. The summed E-state index contributed by atoms with van der Waals surface area (Å²) in [5.74, 6) is 0.402. The summed E-state index contributed by atoms with van der Waals surface area (Å²) in [6.07, 6.45) is 1.75. The van der Waals surface area contributed by atoms with Gasteiger partial charge >= 0.3 is 0 Å². The molecule has 0 radical (unpaired) electrons. The summed E-state index contributed by atoms with van der Waals surface area (Å²) in [4.78, 5) is 4.18. The zero-order valence-corrected chi connectivity index (χ0v) is 8.31. The molecule has 0 aliphatic rings. The Morgan fingerprint density at radius 2 is 2.21 bits per heavy atom. The van der Waals surface area contributed by atoms with Crippen molar-refractivity contribution in [2.45, 2.75) is 26.4 Å². The Balaban J connectivity index is 2.54. The summed E-state index contributed by atoms with van der Waals surface area (Å²) >= 11 is 0. The van der Waals surface area contributed by atoms with E-state index in [-0.39, 0.29) is 6.61 Å². The van der Waals surface area contributed by atoms with Crippen LogP contribution in [0.1, 0.15) is 31.2 Å². The lowest BCUT2D eigenvalue weighted by Gasteiger charge is -2.02. The quantitative estimate of drug-likeness (QED) is 0.779. The van der Waals surface area contributed by atoms with E-state index in [9.17, 15) is 0 Å². The molecule has 0 amide bonds. The molecule has 0 spiro atoms. The fraction of sp³-hybridized carbons (Fsp3) is 0.400. The molecule has 0 bridgehead atoms. The fourth-order valence-electron chi connectivity index (χ4n) is 1.33. The van der Waals surface area contributed by atoms with Gasteiger partial charge in [-0.1, -0.05) is 13.8 Å². The smallest absolute Gasteiger partial charge is 0.153 e. The normalized spacial score (nSPS) is 11.4. The van der Waals surface area contributed by atoms with Crippen molar-refractivity contribution in [3.8, 4) is 0 Å². The first-order valence-electron chi connectivity index (χ1n) is 4.67. The maximum atomic E-state index is 8.91. The molecule has 0 saturated heterocycles. The Hall–Kier alpha value is -1.42.